The predicted molar refractivity (Wildman–Crippen MR) is 310 cm³/mol. The number of hydrogen-bond donors (Lipinski definition) is 0. The van der Waals surface area contributed by atoms with Crippen LogP contribution < -0.4 is 14.3 Å². The van der Waals surface area contributed by atoms with E-state index in [0.29, 0.717) is 33.1 Å². The van der Waals surface area contributed by atoms with Crippen molar-refractivity contribution in [2.24, 2.45) is 0 Å². The molecule has 366 valence electrons. The highest BCUT2D eigenvalue weighted by Crippen LogP contribution is 2.54. The quantitative estimate of drug-likeness (QED) is 0.0926. The van der Waals surface area contributed by atoms with Gasteiger partial charge in [-0.15, -0.1) is 9.13 Å². The average molecular weight is 998 g/mol. The molecule has 2 aliphatic heterocycles. The third-order valence-corrected chi connectivity index (χ3v) is 19.3. The van der Waals surface area contributed by atoms with Crippen LogP contribution in [0.2, 0.25) is 19.6 Å². The number of nitrogens with zero attached hydrogens (tertiary/aromatic N) is 3. The number of aromatic nitrogens is 3. The lowest BCUT2D eigenvalue weighted by Crippen LogP contribution is -2.72. The number of para-hydroxylation sites is 1. The molecule has 0 saturated carbocycles. The Kier molecular flexibility index (Phi) is 8.86. The number of hydrogen-bond acceptors (Lipinski definition) is 1. The molecule has 2 aliphatic rings. The van der Waals surface area contributed by atoms with Crippen LogP contribution in [0.4, 0.5) is 4.39 Å². The van der Waals surface area contributed by atoms with Gasteiger partial charge in [-0.25, -0.2) is 4.39 Å². The number of imidazole rings is 1. The molecule has 3 aromatic heterocycles. The van der Waals surface area contributed by atoms with Crippen molar-refractivity contribution >= 4 is 67.8 Å². The van der Waals surface area contributed by atoms with E-state index in [2.05, 4.69) is 165 Å². The zero-order valence-corrected chi connectivity index (χ0v) is 44.9. The maximum absolute atomic E-state index is 18.3. The molecular weight excluding hydrogens is 934 g/mol. The zero-order valence-electron chi connectivity index (χ0n) is 47.9. The summed E-state index contributed by atoms with van der Waals surface area (Å²) in [5.74, 6) is -0.945. The Balaban J connectivity index is 1.24. The van der Waals surface area contributed by atoms with Crippen molar-refractivity contribution in [1.82, 2.24) is 4.57 Å². The molecule has 75 heavy (non-hydrogen) atoms. The van der Waals surface area contributed by atoms with E-state index in [-0.39, 0.29) is 11.5 Å². The second-order valence-electron chi connectivity index (χ2n) is 22.4. The van der Waals surface area contributed by atoms with Crippen molar-refractivity contribution in [3.05, 3.63) is 226 Å². The molecular formula is C69H60FN3OSi+2. The van der Waals surface area contributed by atoms with E-state index in [1.165, 1.54) is 16.5 Å². The second-order valence-corrected chi connectivity index (χ2v) is 27.5. The van der Waals surface area contributed by atoms with E-state index in [9.17, 15) is 1.37 Å². The fourth-order valence-electron chi connectivity index (χ4n) is 13.5. The highest BCUT2D eigenvalue weighted by atomic mass is 28.3. The van der Waals surface area contributed by atoms with E-state index >= 15 is 4.39 Å². The van der Waals surface area contributed by atoms with Gasteiger partial charge < -0.3 is 4.42 Å². The fraction of sp³-hybridized carbons (Fsp3) is 0.188. The second kappa shape index (κ2) is 16.0. The highest BCUT2D eigenvalue weighted by molar-refractivity contribution is 6.89. The van der Waals surface area contributed by atoms with Gasteiger partial charge in [-0.3, -0.25) is 0 Å². The molecule has 12 aromatic rings. The van der Waals surface area contributed by atoms with E-state index in [1.807, 2.05) is 67.6 Å². The van der Waals surface area contributed by atoms with Crippen LogP contribution in [0.15, 0.2) is 174 Å². The molecule has 0 bridgehead atoms. The Morgan fingerprint density at radius 1 is 0.667 bits per heavy atom. The number of halogens is 1. The van der Waals surface area contributed by atoms with Gasteiger partial charge in [0.25, 0.3) is 0 Å². The lowest BCUT2D eigenvalue weighted by atomic mass is 9.84. The van der Waals surface area contributed by atoms with Crippen molar-refractivity contribution in [1.29, 1.82) is 0 Å². The van der Waals surface area contributed by atoms with E-state index in [4.69, 9.17) is 8.53 Å². The number of aryl methyl sites for hydroxylation is 5. The molecule has 0 aliphatic carbocycles. The Morgan fingerprint density at radius 2 is 1.33 bits per heavy atom. The van der Waals surface area contributed by atoms with Gasteiger partial charge in [-0.2, -0.15) is 4.57 Å². The molecule has 9 aromatic carbocycles. The van der Waals surface area contributed by atoms with Gasteiger partial charge in [0.2, 0.25) is 5.69 Å². The first-order valence-electron chi connectivity index (χ1n) is 28.3. The molecule has 0 radical (unpaired) electrons. The van der Waals surface area contributed by atoms with Gasteiger partial charge in [-0.1, -0.05) is 148 Å². The first kappa shape index (κ1) is 41.4. The van der Waals surface area contributed by atoms with E-state index < -0.39 is 32.3 Å². The minimum absolute atomic E-state index is 0.183. The topological polar surface area (TPSA) is 25.8 Å². The van der Waals surface area contributed by atoms with Crippen LogP contribution in [0.25, 0.3) is 94.0 Å². The smallest absolute Gasteiger partial charge is 0.365 e. The summed E-state index contributed by atoms with van der Waals surface area (Å²) in [4.78, 5) is 0. The number of furan rings is 1. The highest BCUT2D eigenvalue weighted by Gasteiger charge is 2.68. The predicted octanol–water partition coefficient (Wildman–Crippen LogP) is 16.5. The van der Waals surface area contributed by atoms with Crippen molar-refractivity contribution in [2.45, 2.75) is 85.5 Å². The van der Waals surface area contributed by atoms with Crippen molar-refractivity contribution < 1.29 is 23.4 Å². The molecule has 5 heterocycles. The first-order valence-corrected chi connectivity index (χ1v) is 29.8. The van der Waals surface area contributed by atoms with Gasteiger partial charge >= 0.3 is 11.5 Å². The molecule has 0 saturated heterocycles. The molecule has 3 atom stereocenters. The van der Waals surface area contributed by atoms with E-state index in [0.717, 1.165) is 94.1 Å². The van der Waals surface area contributed by atoms with Crippen LogP contribution in [-0.2, 0) is 5.66 Å². The number of rotatable bonds is 6. The molecule has 14 rings (SSSR count). The van der Waals surface area contributed by atoms with Crippen LogP contribution in [0.3, 0.4) is 0 Å². The number of benzene rings is 9. The summed E-state index contributed by atoms with van der Waals surface area (Å²) in [5.41, 5.74) is 15.0. The molecule has 6 heteroatoms. The minimum Gasteiger partial charge on any atom is -0.455 e. The van der Waals surface area contributed by atoms with Crippen LogP contribution in [0.1, 0.15) is 81.2 Å². The molecule has 4 nitrogen and oxygen atoms in total. The maximum Gasteiger partial charge on any atom is 0.365 e. The summed E-state index contributed by atoms with van der Waals surface area (Å²) < 4.78 is 70.1. The molecule has 0 fully saturated rings. The third kappa shape index (κ3) is 6.20. The fourth-order valence-corrected chi connectivity index (χ4v) is 15.1. The Hall–Kier alpha value is -7.93. The zero-order chi connectivity index (χ0) is 55.0. The molecule has 1 spiro atoms. The van der Waals surface area contributed by atoms with Gasteiger partial charge in [-0.05, 0) is 161 Å². The molecule has 0 amide bonds. The van der Waals surface area contributed by atoms with Gasteiger partial charge in [0.1, 0.15) is 22.7 Å². The van der Waals surface area contributed by atoms with Crippen LogP contribution in [-0.4, -0.2) is 12.6 Å². The first-order chi connectivity index (χ1) is 37.7. The normalized spacial score (nSPS) is 17.0. The van der Waals surface area contributed by atoms with Crippen LogP contribution in [0, 0.1) is 40.4 Å². The summed E-state index contributed by atoms with van der Waals surface area (Å²) in [6.45, 7) is 17.5. The summed E-state index contributed by atoms with van der Waals surface area (Å²) in [6, 6.07) is 55.8. The molecule has 3 unspecified atom stereocenters. The summed E-state index contributed by atoms with van der Waals surface area (Å²) in [6.07, 6.45) is 2.28. The summed E-state index contributed by atoms with van der Waals surface area (Å²) in [5, 5.41) is 6.65. The Bertz CT molecular complexity index is 4600. The Morgan fingerprint density at radius 3 is 2.05 bits per heavy atom. The van der Waals surface area contributed by atoms with Gasteiger partial charge in [0.05, 0.1) is 30.2 Å². The minimum atomic E-state index is -2.48. The van der Waals surface area contributed by atoms with E-state index in [1.54, 1.807) is 12.1 Å². The van der Waals surface area contributed by atoms with Crippen molar-refractivity contribution in [3.8, 4) is 39.5 Å². The number of pyridine rings is 1. The van der Waals surface area contributed by atoms with Gasteiger partial charge in [0.15, 0.2) is 22.8 Å². The van der Waals surface area contributed by atoms with Crippen molar-refractivity contribution in [2.75, 3.05) is 0 Å². The van der Waals surface area contributed by atoms with Crippen molar-refractivity contribution in [3.63, 3.8) is 0 Å². The van der Waals surface area contributed by atoms with Crippen LogP contribution >= 0.6 is 0 Å². The largest absolute Gasteiger partial charge is 0.455 e. The lowest BCUT2D eigenvalue weighted by molar-refractivity contribution is -0.944. The maximum atomic E-state index is 18.3. The average Bonchev–Trinajstić information content (AvgIpc) is 1.97. The summed E-state index contributed by atoms with van der Waals surface area (Å²) >= 11 is 0. The number of fused-ring (bicyclic) bond motifs is 19. The monoisotopic (exact) mass is 997 g/mol. The van der Waals surface area contributed by atoms with Gasteiger partial charge in [0, 0.05) is 22.1 Å². The SMILES string of the molecule is [2H]C([2H])([2H])c1ccc2c(c1)C1(c3cc(F)c4c(oc5ccccc54)c3-c3n(-c4c(C)cc(-c5ccccc5)cc4C)c4cc5c(C)c(C)c6ccccc6c5cc4[n+]31)[n+]1cc([Si](C)(C)C)c(C([2H])(C)C(C)c3ccccc3)cc1-2. The molecule has 0 N–H and O–H groups in total. The lowest BCUT2D eigenvalue weighted by Gasteiger charge is -2.28. The Labute approximate surface area is 444 Å². The third-order valence-electron chi connectivity index (χ3n) is 17.2. The van der Waals surface area contributed by atoms with Crippen LogP contribution in [0.5, 0.6) is 0 Å². The standard InChI is InChI=1S/C69H60FN3OSi/c1-39-29-30-51-56(31-39)69(71-38-63(75(8,9)10)54(35-59(51)71)43(5)42(4)46-21-13-11-14-22-46)57-37-58(70)64-52-27-19-20-28-62(52)74-67(64)65(57)68-72(66-40(2)32-48(33-41(66)3)47-23-15-12-16-24-47)60-34-53-45(7)44(6)49-25-17-18-26-50(49)55(53)36-61(60)73(68)69/h11-38,42-43H,1-10H3/q+2/i1D3,43D. The summed E-state index contributed by atoms with van der Waals surface area (Å²) in [7, 11) is -2.42.